The van der Waals surface area contributed by atoms with Gasteiger partial charge in [-0.25, -0.2) is 0 Å². The lowest BCUT2D eigenvalue weighted by Crippen LogP contribution is -2.48. The van der Waals surface area contributed by atoms with Gasteiger partial charge in [-0.2, -0.15) is 0 Å². The molecule has 0 bridgehead atoms. The van der Waals surface area contributed by atoms with Crippen molar-refractivity contribution in [1.82, 2.24) is 15.5 Å². The molecule has 1 atom stereocenters. The number of hydrogen-bond donors (Lipinski definition) is 3. The summed E-state index contributed by atoms with van der Waals surface area (Å²) in [6, 6.07) is 0. The zero-order valence-corrected chi connectivity index (χ0v) is 17.0. The maximum atomic E-state index is 10.6. The number of guanidine groups is 1. The van der Waals surface area contributed by atoms with E-state index in [-0.39, 0.29) is 0 Å². The number of nitrogens with one attached hydrogen (secondary N) is 2. The highest BCUT2D eigenvalue weighted by atomic mass is 16.5. The van der Waals surface area contributed by atoms with Gasteiger partial charge >= 0.3 is 0 Å². The fourth-order valence-electron chi connectivity index (χ4n) is 2.87. The number of aliphatic imine (C=N–C) groups is 1. The van der Waals surface area contributed by atoms with Crippen molar-refractivity contribution in [3.05, 3.63) is 0 Å². The molecule has 1 heterocycles. The first-order valence-electron chi connectivity index (χ1n) is 9.76. The van der Waals surface area contributed by atoms with Crippen LogP contribution in [0.4, 0.5) is 0 Å². The first-order valence-corrected chi connectivity index (χ1v) is 9.76. The number of nitrogens with zero attached hydrogens (tertiary/aromatic N) is 2. The second-order valence-corrected chi connectivity index (χ2v) is 8.53. The van der Waals surface area contributed by atoms with Crippen LogP contribution in [0.2, 0.25) is 0 Å². The first-order chi connectivity index (χ1) is 11.7. The minimum absolute atomic E-state index is 0.391. The second kappa shape index (κ2) is 11.0. The molecule has 1 aliphatic rings. The van der Waals surface area contributed by atoms with Crippen molar-refractivity contribution in [3.8, 4) is 0 Å². The Morgan fingerprint density at radius 1 is 1.12 bits per heavy atom. The summed E-state index contributed by atoms with van der Waals surface area (Å²) >= 11 is 0. The molecule has 0 amide bonds. The Bertz CT molecular complexity index is 385. The molecule has 0 saturated carbocycles. The molecule has 148 valence electrons. The van der Waals surface area contributed by atoms with Gasteiger partial charge in [0.15, 0.2) is 5.96 Å². The van der Waals surface area contributed by atoms with Crippen LogP contribution in [0, 0.1) is 5.41 Å². The highest BCUT2D eigenvalue weighted by Gasteiger charge is 2.25. The molecule has 25 heavy (non-hydrogen) atoms. The van der Waals surface area contributed by atoms with Gasteiger partial charge in [0.2, 0.25) is 0 Å². The molecule has 0 aliphatic carbocycles. The predicted molar refractivity (Wildman–Crippen MR) is 105 cm³/mol. The Labute approximate surface area is 154 Å². The molecular weight excluding hydrogens is 316 g/mol. The third kappa shape index (κ3) is 11.4. The van der Waals surface area contributed by atoms with E-state index in [1.54, 1.807) is 0 Å². The van der Waals surface area contributed by atoms with Gasteiger partial charge < -0.3 is 20.5 Å². The number of β-amino-alcohol motifs (C(OH)–C–C–N with tert-alkyl or cyclic N) is 1. The van der Waals surface area contributed by atoms with Gasteiger partial charge in [0.05, 0.1) is 25.4 Å². The zero-order valence-electron chi connectivity index (χ0n) is 17.0. The number of ether oxygens (including phenoxy) is 1. The van der Waals surface area contributed by atoms with Gasteiger partial charge in [-0.05, 0) is 32.1 Å². The van der Waals surface area contributed by atoms with Crippen LogP contribution in [0.15, 0.2) is 4.99 Å². The quantitative estimate of drug-likeness (QED) is 0.334. The summed E-state index contributed by atoms with van der Waals surface area (Å²) in [5, 5.41) is 17.3. The topological polar surface area (TPSA) is 69.1 Å². The van der Waals surface area contributed by atoms with Crippen molar-refractivity contribution in [3.63, 3.8) is 0 Å². The molecule has 0 aromatic rings. The van der Waals surface area contributed by atoms with E-state index in [9.17, 15) is 5.11 Å². The van der Waals surface area contributed by atoms with Gasteiger partial charge in [0.25, 0.3) is 0 Å². The van der Waals surface area contributed by atoms with Crippen molar-refractivity contribution < 1.29 is 9.84 Å². The van der Waals surface area contributed by atoms with E-state index in [1.807, 2.05) is 6.92 Å². The van der Waals surface area contributed by atoms with Crippen molar-refractivity contribution in [2.45, 2.75) is 59.5 Å². The van der Waals surface area contributed by atoms with E-state index >= 15 is 0 Å². The SMILES string of the molecule is CCNC(=NCC(C)(O)CN1CCOCC1)NCCCCC(C)(C)C. The molecule has 0 aromatic carbocycles. The van der Waals surface area contributed by atoms with Crippen LogP contribution in [-0.4, -0.2) is 74.0 Å². The third-order valence-electron chi connectivity index (χ3n) is 4.24. The maximum Gasteiger partial charge on any atom is 0.191 e. The number of rotatable bonds is 9. The zero-order chi connectivity index (χ0) is 18.8. The van der Waals surface area contributed by atoms with Gasteiger partial charge in [0.1, 0.15) is 0 Å². The van der Waals surface area contributed by atoms with Crippen LogP contribution in [0.1, 0.15) is 53.9 Å². The molecule has 0 aromatic heterocycles. The summed E-state index contributed by atoms with van der Waals surface area (Å²) < 4.78 is 5.36. The third-order valence-corrected chi connectivity index (χ3v) is 4.24. The van der Waals surface area contributed by atoms with Crippen molar-refractivity contribution in [2.75, 3.05) is 52.5 Å². The summed E-state index contributed by atoms with van der Waals surface area (Å²) in [4.78, 5) is 6.83. The number of hydrogen-bond acceptors (Lipinski definition) is 4. The standard InChI is InChI=1S/C19H40N4O2/c1-6-20-17(21-10-8-7-9-18(2,3)4)22-15-19(5,24)16-23-11-13-25-14-12-23/h24H,6-16H2,1-5H3,(H2,20,21,22). The predicted octanol–water partition coefficient (Wildman–Crippen LogP) is 1.84. The van der Waals surface area contributed by atoms with Crippen LogP contribution < -0.4 is 10.6 Å². The largest absolute Gasteiger partial charge is 0.387 e. The number of morpholine rings is 1. The smallest absolute Gasteiger partial charge is 0.191 e. The molecule has 0 radical (unpaired) electrons. The lowest BCUT2D eigenvalue weighted by Gasteiger charge is -2.33. The van der Waals surface area contributed by atoms with E-state index < -0.39 is 5.60 Å². The summed E-state index contributed by atoms with van der Waals surface area (Å²) in [7, 11) is 0. The molecule has 1 saturated heterocycles. The van der Waals surface area contributed by atoms with Crippen LogP contribution >= 0.6 is 0 Å². The molecule has 0 spiro atoms. The van der Waals surface area contributed by atoms with Crippen molar-refractivity contribution in [2.24, 2.45) is 10.4 Å². The second-order valence-electron chi connectivity index (χ2n) is 8.53. The van der Waals surface area contributed by atoms with E-state index in [0.717, 1.165) is 51.8 Å². The van der Waals surface area contributed by atoms with Crippen LogP contribution in [-0.2, 0) is 4.74 Å². The van der Waals surface area contributed by atoms with Gasteiger partial charge in [-0.15, -0.1) is 0 Å². The lowest BCUT2D eigenvalue weighted by atomic mass is 9.90. The van der Waals surface area contributed by atoms with Crippen molar-refractivity contribution in [1.29, 1.82) is 0 Å². The van der Waals surface area contributed by atoms with Crippen LogP contribution in [0.3, 0.4) is 0 Å². The molecule has 6 nitrogen and oxygen atoms in total. The molecule has 3 N–H and O–H groups in total. The monoisotopic (exact) mass is 356 g/mol. The molecule has 1 unspecified atom stereocenters. The Balaban J connectivity index is 2.36. The van der Waals surface area contributed by atoms with Gasteiger partial charge in [0, 0.05) is 32.7 Å². The summed E-state index contributed by atoms with van der Waals surface area (Å²) in [6.45, 7) is 16.8. The summed E-state index contributed by atoms with van der Waals surface area (Å²) in [5.74, 6) is 0.792. The highest BCUT2D eigenvalue weighted by Crippen LogP contribution is 2.21. The maximum absolute atomic E-state index is 10.6. The normalized spacial score (nSPS) is 19.5. The van der Waals surface area contributed by atoms with Crippen LogP contribution in [0.25, 0.3) is 0 Å². The van der Waals surface area contributed by atoms with E-state index in [1.165, 1.54) is 12.8 Å². The van der Waals surface area contributed by atoms with Gasteiger partial charge in [-0.1, -0.05) is 27.2 Å². The van der Waals surface area contributed by atoms with Crippen molar-refractivity contribution >= 4 is 5.96 Å². The lowest BCUT2D eigenvalue weighted by molar-refractivity contribution is -0.0179. The fraction of sp³-hybridized carbons (Fsp3) is 0.947. The summed E-state index contributed by atoms with van der Waals surface area (Å²) in [6.07, 6.45) is 3.58. The minimum atomic E-state index is -0.827. The molecular formula is C19H40N4O2. The van der Waals surface area contributed by atoms with E-state index in [2.05, 4.69) is 48.2 Å². The molecule has 1 aliphatic heterocycles. The first kappa shape index (κ1) is 22.2. The Morgan fingerprint density at radius 2 is 1.80 bits per heavy atom. The van der Waals surface area contributed by atoms with E-state index in [4.69, 9.17) is 4.74 Å². The highest BCUT2D eigenvalue weighted by molar-refractivity contribution is 5.79. The summed E-state index contributed by atoms with van der Waals surface area (Å²) in [5.41, 5.74) is -0.428. The number of unbranched alkanes of at least 4 members (excludes halogenated alkanes) is 1. The molecule has 1 rings (SSSR count). The van der Waals surface area contributed by atoms with Crippen LogP contribution in [0.5, 0.6) is 0 Å². The minimum Gasteiger partial charge on any atom is -0.387 e. The average molecular weight is 357 g/mol. The van der Waals surface area contributed by atoms with Gasteiger partial charge in [-0.3, -0.25) is 9.89 Å². The Hall–Kier alpha value is -0.850. The molecule has 6 heteroatoms. The van der Waals surface area contributed by atoms with E-state index in [0.29, 0.717) is 18.5 Å². The Morgan fingerprint density at radius 3 is 2.40 bits per heavy atom. The fourth-order valence-corrected chi connectivity index (χ4v) is 2.87. The molecule has 1 fully saturated rings. The Kier molecular flexibility index (Phi) is 9.75. The number of aliphatic hydroxyl groups is 1. The average Bonchev–Trinajstić information content (AvgIpc) is 2.51.